The van der Waals surface area contributed by atoms with E-state index in [2.05, 4.69) is 58.6 Å². The lowest BCUT2D eigenvalue weighted by Gasteiger charge is -2.33. The molecule has 1 unspecified atom stereocenters. The second-order valence-corrected chi connectivity index (χ2v) is 10.7. The quantitative estimate of drug-likeness (QED) is 0.423. The molecule has 0 radical (unpaired) electrons. The van der Waals surface area contributed by atoms with E-state index < -0.39 is 0 Å². The van der Waals surface area contributed by atoms with Gasteiger partial charge in [0.2, 0.25) is 0 Å². The van der Waals surface area contributed by atoms with Crippen LogP contribution >= 0.6 is 23.1 Å². The van der Waals surface area contributed by atoms with Gasteiger partial charge in [-0.15, -0.1) is 23.1 Å². The van der Waals surface area contributed by atoms with Crippen molar-refractivity contribution in [3.8, 4) is 0 Å². The third kappa shape index (κ3) is 6.32. The van der Waals surface area contributed by atoms with Crippen LogP contribution in [-0.4, -0.2) is 52.0 Å². The lowest BCUT2D eigenvalue weighted by Crippen LogP contribution is -2.35. The van der Waals surface area contributed by atoms with E-state index in [0.29, 0.717) is 5.92 Å². The van der Waals surface area contributed by atoms with Gasteiger partial charge in [-0.25, -0.2) is 9.97 Å². The van der Waals surface area contributed by atoms with E-state index in [-0.39, 0.29) is 11.9 Å². The zero-order valence-electron chi connectivity index (χ0n) is 18.8. The fourth-order valence-corrected chi connectivity index (χ4v) is 6.05. The van der Waals surface area contributed by atoms with Gasteiger partial charge in [-0.1, -0.05) is 30.3 Å². The maximum Gasteiger partial charge on any atom is 0.188 e. The van der Waals surface area contributed by atoms with Crippen molar-refractivity contribution >= 4 is 34.0 Å². The van der Waals surface area contributed by atoms with Crippen LogP contribution in [0.4, 0.5) is 10.9 Å². The Morgan fingerprint density at radius 3 is 2.69 bits per heavy atom. The number of aliphatic hydroxyl groups is 1. The lowest BCUT2D eigenvalue weighted by molar-refractivity contribution is 0.186. The first-order valence-corrected chi connectivity index (χ1v) is 13.0. The largest absolute Gasteiger partial charge is 0.395 e. The number of hydrogen-bond donors (Lipinski definition) is 2. The predicted molar refractivity (Wildman–Crippen MR) is 135 cm³/mol. The minimum absolute atomic E-state index is 0.205. The van der Waals surface area contributed by atoms with Crippen molar-refractivity contribution < 1.29 is 5.11 Å². The van der Waals surface area contributed by atoms with Crippen LogP contribution in [0.2, 0.25) is 0 Å². The van der Waals surface area contributed by atoms with Gasteiger partial charge in [-0.2, -0.15) is 0 Å². The maximum atomic E-state index is 10.1. The fourth-order valence-electron chi connectivity index (χ4n) is 4.15. The van der Waals surface area contributed by atoms with Crippen molar-refractivity contribution in [2.24, 2.45) is 5.92 Å². The molecule has 1 atom stereocenters. The molecule has 7 heteroatoms. The van der Waals surface area contributed by atoms with Crippen molar-refractivity contribution in [1.82, 2.24) is 14.9 Å². The van der Waals surface area contributed by atoms with Gasteiger partial charge in [-0.3, -0.25) is 0 Å². The Morgan fingerprint density at radius 2 is 2.00 bits per heavy atom. The number of rotatable bonds is 9. The van der Waals surface area contributed by atoms with Gasteiger partial charge in [0.15, 0.2) is 5.13 Å². The van der Waals surface area contributed by atoms with Crippen molar-refractivity contribution in [2.75, 3.05) is 32.1 Å². The smallest absolute Gasteiger partial charge is 0.188 e. The molecule has 3 aromatic rings. The number of aryl methyl sites for hydroxylation is 3. The topological polar surface area (TPSA) is 61.3 Å². The zero-order valence-corrected chi connectivity index (χ0v) is 20.5. The molecule has 5 nitrogen and oxygen atoms in total. The van der Waals surface area contributed by atoms with E-state index in [0.717, 1.165) is 60.3 Å². The molecule has 32 heavy (non-hydrogen) atoms. The van der Waals surface area contributed by atoms with Gasteiger partial charge in [0.1, 0.15) is 5.82 Å². The molecule has 0 spiro atoms. The van der Waals surface area contributed by atoms with E-state index in [1.54, 1.807) is 23.1 Å². The summed E-state index contributed by atoms with van der Waals surface area (Å²) in [6.45, 7) is 4.43. The minimum Gasteiger partial charge on any atom is -0.395 e. The highest BCUT2D eigenvalue weighted by atomic mass is 32.2. The average molecular weight is 469 g/mol. The van der Waals surface area contributed by atoms with Crippen LogP contribution in [0.5, 0.6) is 0 Å². The number of thiazole rings is 1. The molecule has 1 aliphatic heterocycles. The highest BCUT2D eigenvalue weighted by Gasteiger charge is 2.26. The molecule has 0 aliphatic carbocycles. The number of benzene rings is 1. The van der Waals surface area contributed by atoms with Crippen LogP contribution in [0.15, 0.2) is 52.9 Å². The molecule has 0 amide bonds. The molecule has 1 fully saturated rings. The number of aliphatic hydroxyl groups excluding tert-OH is 1. The highest BCUT2D eigenvalue weighted by Crippen LogP contribution is 2.35. The van der Waals surface area contributed by atoms with Crippen molar-refractivity contribution in [1.29, 1.82) is 0 Å². The fraction of sp³-hybridized carbons (Fsp3) is 0.440. The van der Waals surface area contributed by atoms with Gasteiger partial charge in [0.05, 0.1) is 12.3 Å². The molecule has 4 rings (SSSR count). The molecule has 2 N–H and O–H groups in total. The number of likely N-dealkylation sites (tertiary alicyclic amines) is 1. The Labute approximate surface area is 199 Å². The van der Waals surface area contributed by atoms with E-state index in [1.807, 2.05) is 18.5 Å². The maximum absolute atomic E-state index is 10.1. The summed E-state index contributed by atoms with van der Waals surface area (Å²) in [6.07, 6.45) is 6.09. The Hall–Kier alpha value is -1.93. The Kier molecular flexibility index (Phi) is 8.19. The summed E-state index contributed by atoms with van der Waals surface area (Å²) in [6, 6.07) is 12.8. The van der Waals surface area contributed by atoms with Gasteiger partial charge < -0.3 is 15.3 Å². The van der Waals surface area contributed by atoms with Crippen LogP contribution in [0.3, 0.4) is 0 Å². The van der Waals surface area contributed by atoms with Crippen LogP contribution < -0.4 is 5.32 Å². The average Bonchev–Trinajstić information content (AvgIpc) is 3.23. The standard InChI is InChI=1S/C25H32N4OS2/c1-18-17-31-25(27-18)28-24-21(9-8-19-6-4-3-5-7-19)14-22(15-26-24)32-23(16-30)20-10-12-29(2)13-11-20/h3-7,14-15,17,20,23,30H,8-13,16H2,1-2H3,(H,26,27,28). The van der Waals surface area contributed by atoms with Gasteiger partial charge in [-0.05, 0) is 75.9 Å². The molecular formula is C25H32N4OS2. The Morgan fingerprint density at radius 1 is 1.22 bits per heavy atom. The van der Waals surface area contributed by atoms with Crippen molar-refractivity contribution in [3.05, 3.63) is 64.8 Å². The number of piperidine rings is 1. The first kappa shape index (κ1) is 23.2. The molecule has 2 aromatic heterocycles. The molecule has 1 saturated heterocycles. The highest BCUT2D eigenvalue weighted by molar-refractivity contribution is 8.00. The predicted octanol–water partition coefficient (Wildman–Crippen LogP) is 5.17. The number of nitrogens with zero attached hydrogens (tertiary/aromatic N) is 3. The summed E-state index contributed by atoms with van der Waals surface area (Å²) in [5.41, 5.74) is 3.52. The number of thioether (sulfide) groups is 1. The Bertz CT molecular complexity index is 987. The van der Waals surface area contributed by atoms with Crippen molar-refractivity contribution in [2.45, 2.75) is 42.8 Å². The zero-order chi connectivity index (χ0) is 22.3. The van der Waals surface area contributed by atoms with Crippen LogP contribution in [-0.2, 0) is 12.8 Å². The summed E-state index contributed by atoms with van der Waals surface area (Å²) < 4.78 is 0. The second kappa shape index (κ2) is 11.3. The third-order valence-corrected chi connectivity index (χ3v) is 8.28. The molecule has 1 aliphatic rings. The van der Waals surface area contributed by atoms with Crippen LogP contribution in [0, 0.1) is 12.8 Å². The molecule has 3 heterocycles. The second-order valence-electron chi connectivity index (χ2n) is 8.56. The van der Waals surface area contributed by atoms with Crippen molar-refractivity contribution in [3.63, 3.8) is 0 Å². The molecule has 170 valence electrons. The van der Waals surface area contributed by atoms with E-state index >= 15 is 0 Å². The molecular weight excluding hydrogens is 436 g/mol. The number of pyridine rings is 1. The van der Waals surface area contributed by atoms with Crippen LogP contribution in [0.1, 0.15) is 29.7 Å². The molecule has 0 bridgehead atoms. The summed E-state index contributed by atoms with van der Waals surface area (Å²) >= 11 is 3.38. The summed E-state index contributed by atoms with van der Waals surface area (Å²) in [5.74, 6) is 1.42. The third-order valence-electron chi connectivity index (χ3n) is 6.07. The summed E-state index contributed by atoms with van der Waals surface area (Å²) in [4.78, 5) is 12.8. The first-order chi connectivity index (χ1) is 15.6. The minimum atomic E-state index is 0.205. The van der Waals surface area contributed by atoms with E-state index in [9.17, 15) is 5.11 Å². The van der Waals surface area contributed by atoms with Crippen LogP contribution in [0.25, 0.3) is 0 Å². The number of hydrogen-bond acceptors (Lipinski definition) is 7. The Balaban J connectivity index is 1.52. The first-order valence-electron chi connectivity index (χ1n) is 11.3. The normalized spacial score (nSPS) is 16.2. The van der Waals surface area contributed by atoms with Gasteiger partial charge in [0, 0.05) is 21.7 Å². The number of nitrogens with one attached hydrogen (secondary N) is 1. The van der Waals surface area contributed by atoms with E-state index in [4.69, 9.17) is 4.98 Å². The SMILES string of the molecule is Cc1csc(Nc2ncc(SC(CO)C3CCN(C)CC3)cc2CCc2ccccc2)n1. The molecule has 0 saturated carbocycles. The van der Waals surface area contributed by atoms with Gasteiger partial charge in [0.25, 0.3) is 0 Å². The lowest BCUT2D eigenvalue weighted by atomic mass is 9.94. The molecule has 1 aromatic carbocycles. The summed E-state index contributed by atoms with van der Waals surface area (Å²) in [5, 5.41) is 16.7. The monoisotopic (exact) mass is 468 g/mol. The van der Waals surface area contributed by atoms with Gasteiger partial charge >= 0.3 is 0 Å². The number of aromatic nitrogens is 2. The summed E-state index contributed by atoms with van der Waals surface area (Å²) in [7, 11) is 2.18. The van der Waals surface area contributed by atoms with E-state index in [1.165, 1.54) is 11.1 Å². The number of anilines is 2.